The molecule has 17 heavy (non-hydrogen) atoms. The van der Waals surface area contributed by atoms with E-state index in [1.54, 1.807) is 12.3 Å². The van der Waals surface area contributed by atoms with E-state index in [1.807, 2.05) is 13.8 Å². The van der Waals surface area contributed by atoms with E-state index in [-0.39, 0.29) is 18.1 Å². The highest BCUT2D eigenvalue weighted by Crippen LogP contribution is 2.16. The molecule has 1 rings (SSSR count). The van der Waals surface area contributed by atoms with Crippen LogP contribution in [0, 0.1) is 0 Å². The topological polar surface area (TPSA) is 62.2 Å². The number of carbonyl (C=O) groups is 1. The van der Waals surface area contributed by atoms with Gasteiger partial charge in [0.2, 0.25) is 0 Å². The molecule has 0 fully saturated rings. The van der Waals surface area contributed by atoms with E-state index < -0.39 is 0 Å². The number of nitrogens with one attached hydrogen (secondary N) is 1. The predicted octanol–water partition coefficient (Wildman–Crippen LogP) is 2.12. The molecule has 1 aromatic rings. The molecule has 1 aromatic heterocycles. The first-order chi connectivity index (χ1) is 8.00. The monoisotopic (exact) mass is 300 g/mol. The van der Waals surface area contributed by atoms with E-state index in [9.17, 15) is 4.79 Å². The summed E-state index contributed by atoms with van der Waals surface area (Å²) in [6, 6.07) is 1.72. The summed E-state index contributed by atoms with van der Waals surface area (Å²) < 4.78 is 0.769. The van der Waals surface area contributed by atoms with Crippen molar-refractivity contribution < 1.29 is 9.90 Å². The van der Waals surface area contributed by atoms with E-state index in [2.05, 4.69) is 26.2 Å². The smallest absolute Gasteiger partial charge is 0.253 e. The second kappa shape index (κ2) is 6.12. The van der Waals surface area contributed by atoms with Crippen molar-refractivity contribution in [3.05, 3.63) is 28.5 Å². The highest BCUT2D eigenvalue weighted by atomic mass is 79.9. The van der Waals surface area contributed by atoms with Gasteiger partial charge in [0.25, 0.3) is 5.91 Å². The average molecular weight is 301 g/mol. The van der Waals surface area contributed by atoms with Gasteiger partial charge in [0, 0.05) is 29.0 Å². The third kappa shape index (κ3) is 4.09. The Morgan fingerprint density at radius 2 is 2.29 bits per heavy atom. The minimum Gasteiger partial charge on any atom is -0.396 e. The van der Waals surface area contributed by atoms with Crippen LogP contribution in [0.1, 0.15) is 37.0 Å². The molecule has 1 unspecified atom stereocenters. The van der Waals surface area contributed by atoms with E-state index in [0.29, 0.717) is 12.0 Å². The van der Waals surface area contributed by atoms with Crippen molar-refractivity contribution >= 4 is 21.8 Å². The first kappa shape index (κ1) is 14.1. The molecule has 0 aliphatic heterocycles. The molecule has 0 aliphatic rings. The Bertz CT molecular complexity index is 398. The Morgan fingerprint density at radius 1 is 1.59 bits per heavy atom. The molecule has 0 aliphatic carbocycles. The Kier molecular flexibility index (Phi) is 5.08. The number of aromatic nitrogens is 1. The van der Waals surface area contributed by atoms with E-state index >= 15 is 0 Å². The first-order valence-corrected chi connectivity index (χ1v) is 6.34. The van der Waals surface area contributed by atoms with Gasteiger partial charge in [-0.05, 0) is 41.8 Å². The lowest BCUT2D eigenvalue weighted by molar-refractivity contribution is 0.0885. The molecule has 94 valence electrons. The fraction of sp³-hybridized carbons (Fsp3) is 0.500. The molecule has 0 bridgehead atoms. The molecule has 1 amide bonds. The van der Waals surface area contributed by atoms with Crippen molar-refractivity contribution in [3.63, 3.8) is 0 Å². The maximum Gasteiger partial charge on any atom is 0.253 e. The molecule has 1 atom stereocenters. The third-order valence-electron chi connectivity index (χ3n) is 2.83. The number of hydrogen-bond donors (Lipinski definition) is 2. The number of nitrogens with zero attached hydrogens (tertiary/aromatic N) is 1. The molecular weight excluding hydrogens is 284 g/mol. The number of halogens is 1. The average Bonchev–Trinajstić information content (AvgIpc) is 2.29. The predicted molar refractivity (Wildman–Crippen MR) is 69.8 cm³/mol. The van der Waals surface area contributed by atoms with Gasteiger partial charge in [-0.15, -0.1) is 0 Å². The van der Waals surface area contributed by atoms with Crippen molar-refractivity contribution in [1.82, 2.24) is 10.3 Å². The Balaban J connectivity index is 2.77. The fourth-order valence-corrected chi connectivity index (χ4v) is 1.82. The van der Waals surface area contributed by atoms with Crippen LogP contribution in [0.15, 0.2) is 22.9 Å². The number of pyridine rings is 1. The van der Waals surface area contributed by atoms with Gasteiger partial charge in [-0.3, -0.25) is 9.78 Å². The minimum absolute atomic E-state index is 0.0569. The summed E-state index contributed by atoms with van der Waals surface area (Å²) in [5.74, 6) is -0.170. The van der Waals surface area contributed by atoms with Gasteiger partial charge in [0.15, 0.2) is 0 Å². The second-order valence-corrected chi connectivity index (χ2v) is 5.15. The van der Waals surface area contributed by atoms with E-state index in [1.165, 1.54) is 6.20 Å². The molecule has 0 radical (unpaired) electrons. The molecule has 4 nitrogen and oxygen atoms in total. The Hall–Kier alpha value is -0.940. The van der Waals surface area contributed by atoms with Crippen LogP contribution < -0.4 is 5.32 Å². The summed E-state index contributed by atoms with van der Waals surface area (Å²) in [5, 5.41) is 11.9. The largest absolute Gasteiger partial charge is 0.396 e. The highest BCUT2D eigenvalue weighted by molar-refractivity contribution is 9.10. The van der Waals surface area contributed by atoms with Crippen molar-refractivity contribution in [1.29, 1.82) is 0 Å². The van der Waals surface area contributed by atoms with E-state index in [0.717, 1.165) is 10.9 Å². The number of rotatable bonds is 5. The lowest BCUT2D eigenvalue weighted by Gasteiger charge is -2.28. The lowest BCUT2D eigenvalue weighted by Crippen LogP contribution is -2.46. The number of carbonyl (C=O) groups excluding carboxylic acids is 1. The first-order valence-electron chi connectivity index (χ1n) is 5.54. The van der Waals surface area contributed by atoms with Crippen LogP contribution >= 0.6 is 15.9 Å². The van der Waals surface area contributed by atoms with Gasteiger partial charge < -0.3 is 10.4 Å². The van der Waals surface area contributed by atoms with Gasteiger partial charge in [-0.1, -0.05) is 6.92 Å². The normalized spacial score (nSPS) is 14.1. The quantitative estimate of drug-likeness (QED) is 0.875. The van der Waals surface area contributed by atoms with Gasteiger partial charge in [-0.2, -0.15) is 0 Å². The molecule has 0 spiro atoms. The summed E-state index contributed by atoms with van der Waals surface area (Å²) in [5.41, 5.74) is 0.130. The maximum atomic E-state index is 12.0. The van der Waals surface area contributed by atoms with Gasteiger partial charge in [0.1, 0.15) is 0 Å². The van der Waals surface area contributed by atoms with Crippen molar-refractivity contribution in [2.75, 3.05) is 6.61 Å². The minimum atomic E-state index is -0.381. The van der Waals surface area contributed by atoms with Gasteiger partial charge in [-0.25, -0.2) is 0 Å². The van der Waals surface area contributed by atoms with Gasteiger partial charge in [0.05, 0.1) is 5.56 Å². The summed E-state index contributed by atoms with van der Waals surface area (Å²) in [6.45, 7) is 3.96. The van der Waals surface area contributed by atoms with Crippen LogP contribution in [-0.4, -0.2) is 28.1 Å². The number of amides is 1. The van der Waals surface area contributed by atoms with Crippen LogP contribution in [0.3, 0.4) is 0 Å². The standard InChI is InChI=1S/C12H17BrN2O2/c1-3-12(2,4-5-16)15-11(17)9-6-10(13)8-14-7-9/h6-8,16H,3-5H2,1-2H3,(H,15,17). The third-order valence-corrected chi connectivity index (χ3v) is 3.26. The zero-order chi connectivity index (χ0) is 12.9. The molecule has 0 saturated heterocycles. The van der Waals surface area contributed by atoms with Crippen LogP contribution in [-0.2, 0) is 0 Å². The Morgan fingerprint density at radius 3 is 2.82 bits per heavy atom. The van der Waals surface area contributed by atoms with Crippen molar-refractivity contribution in [2.45, 2.75) is 32.2 Å². The molecular formula is C12H17BrN2O2. The number of aliphatic hydroxyl groups excluding tert-OH is 1. The summed E-state index contributed by atoms with van der Waals surface area (Å²) in [6.07, 6.45) is 4.45. The summed E-state index contributed by atoms with van der Waals surface area (Å²) in [4.78, 5) is 15.9. The Labute approximate surface area is 110 Å². The second-order valence-electron chi connectivity index (χ2n) is 4.23. The molecule has 5 heteroatoms. The lowest BCUT2D eigenvalue weighted by atomic mass is 9.94. The van der Waals surface area contributed by atoms with Crippen LogP contribution in [0.5, 0.6) is 0 Å². The van der Waals surface area contributed by atoms with Gasteiger partial charge >= 0.3 is 0 Å². The molecule has 1 heterocycles. The molecule has 0 saturated carbocycles. The van der Waals surface area contributed by atoms with Crippen molar-refractivity contribution in [2.24, 2.45) is 0 Å². The summed E-state index contributed by atoms with van der Waals surface area (Å²) in [7, 11) is 0. The number of aliphatic hydroxyl groups is 1. The molecule has 2 N–H and O–H groups in total. The SMILES string of the molecule is CCC(C)(CCO)NC(=O)c1cncc(Br)c1. The molecule has 0 aromatic carbocycles. The summed E-state index contributed by atoms with van der Waals surface area (Å²) >= 11 is 3.28. The number of hydrogen-bond acceptors (Lipinski definition) is 3. The highest BCUT2D eigenvalue weighted by Gasteiger charge is 2.24. The van der Waals surface area contributed by atoms with Crippen LogP contribution in [0.2, 0.25) is 0 Å². The van der Waals surface area contributed by atoms with Crippen molar-refractivity contribution in [3.8, 4) is 0 Å². The van der Waals surface area contributed by atoms with Crippen LogP contribution in [0.25, 0.3) is 0 Å². The maximum absolute atomic E-state index is 12.0. The zero-order valence-electron chi connectivity index (χ0n) is 10.0. The van der Waals surface area contributed by atoms with E-state index in [4.69, 9.17) is 5.11 Å². The zero-order valence-corrected chi connectivity index (χ0v) is 11.6. The fourth-order valence-electron chi connectivity index (χ4n) is 1.46. The van der Waals surface area contributed by atoms with Crippen LogP contribution in [0.4, 0.5) is 0 Å².